The lowest BCUT2D eigenvalue weighted by atomic mass is 9.84. The number of nitrogens with zero attached hydrogens (tertiary/aromatic N) is 1. The van der Waals surface area contributed by atoms with E-state index in [9.17, 15) is 4.79 Å². The summed E-state index contributed by atoms with van der Waals surface area (Å²) in [5, 5.41) is 0. The average Bonchev–Trinajstić information content (AvgIpc) is 2.77. The summed E-state index contributed by atoms with van der Waals surface area (Å²) in [4.78, 5) is 14.2. The molecular formula is C30H35NO4. The van der Waals surface area contributed by atoms with E-state index in [0.717, 1.165) is 50.6 Å². The summed E-state index contributed by atoms with van der Waals surface area (Å²) in [6.07, 6.45) is -0.396. The van der Waals surface area contributed by atoms with E-state index in [1.54, 1.807) is 11.9 Å². The Morgan fingerprint density at radius 1 is 0.971 bits per heavy atom. The second kappa shape index (κ2) is 8.95. The SMILES string of the molecule is Cc1cc2c(cc1OCc1ccccc1)C(C)(C)Oc1cc(N(C)C(=O)OC(C)(C)C)c(C)cc1-2. The largest absolute Gasteiger partial charge is 0.489 e. The number of anilines is 1. The number of benzene rings is 3. The summed E-state index contributed by atoms with van der Waals surface area (Å²) in [5.74, 6) is 1.60. The average molecular weight is 474 g/mol. The van der Waals surface area contributed by atoms with Crippen LogP contribution in [-0.2, 0) is 16.9 Å². The van der Waals surface area contributed by atoms with E-state index >= 15 is 0 Å². The number of aryl methyl sites for hydroxylation is 2. The van der Waals surface area contributed by atoms with Crippen LogP contribution in [0.2, 0.25) is 0 Å². The summed E-state index contributed by atoms with van der Waals surface area (Å²) >= 11 is 0. The zero-order chi connectivity index (χ0) is 25.5. The Labute approximate surface area is 208 Å². The highest BCUT2D eigenvalue weighted by Gasteiger charge is 2.35. The Bertz CT molecular complexity index is 1260. The molecular weight excluding hydrogens is 438 g/mol. The van der Waals surface area contributed by atoms with Gasteiger partial charge in [-0.25, -0.2) is 4.79 Å². The van der Waals surface area contributed by atoms with Crippen LogP contribution < -0.4 is 14.4 Å². The van der Waals surface area contributed by atoms with Gasteiger partial charge in [0, 0.05) is 24.2 Å². The highest BCUT2D eigenvalue weighted by atomic mass is 16.6. The Balaban J connectivity index is 1.70. The van der Waals surface area contributed by atoms with Gasteiger partial charge in [-0.1, -0.05) is 30.3 Å². The van der Waals surface area contributed by atoms with Gasteiger partial charge in [0.1, 0.15) is 29.3 Å². The minimum Gasteiger partial charge on any atom is -0.489 e. The third-order valence-corrected chi connectivity index (χ3v) is 6.18. The number of amides is 1. The van der Waals surface area contributed by atoms with E-state index in [1.807, 2.05) is 52.0 Å². The third kappa shape index (κ3) is 5.14. The molecule has 5 nitrogen and oxygen atoms in total. The zero-order valence-electron chi connectivity index (χ0n) is 22.0. The van der Waals surface area contributed by atoms with Crippen LogP contribution in [0.4, 0.5) is 10.5 Å². The Morgan fingerprint density at radius 2 is 1.63 bits per heavy atom. The van der Waals surface area contributed by atoms with Crippen molar-refractivity contribution in [3.05, 3.63) is 76.9 Å². The molecule has 3 aromatic rings. The van der Waals surface area contributed by atoms with Crippen LogP contribution in [0.1, 0.15) is 56.9 Å². The molecule has 0 radical (unpaired) electrons. The monoisotopic (exact) mass is 473 g/mol. The molecule has 3 aromatic carbocycles. The third-order valence-electron chi connectivity index (χ3n) is 6.18. The maximum Gasteiger partial charge on any atom is 0.414 e. The molecule has 0 saturated carbocycles. The van der Waals surface area contributed by atoms with Gasteiger partial charge in [0.25, 0.3) is 0 Å². The van der Waals surface area contributed by atoms with Crippen LogP contribution in [0.3, 0.4) is 0 Å². The zero-order valence-corrected chi connectivity index (χ0v) is 22.0. The van der Waals surface area contributed by atoms with Gasteiger partial charge in [-0.3, -0.25) is 4.90 Å². The van der Waals surface area contributed by atoms with Crippen molar-refractivity contribution < 1.29 is 19.0 Å². The van der Waals surface area contributed by atoms with E-state index in [1.165, 1.54) is 0 Å². The number of carbonyl (C=O) groups excluding carboxylic acids is 1. The molecule has 35 heavy (non-hydrogen) atoms. The summed E-state index contributed by atoms with van der Waals surface area (Å²) in [6.45, 7) is 14.3. The molecule has 0 saturated heterocycles. The van der Waals surface area contributed by atoms with Crippen molar-refractivity contribution in [3.63, 3.8) is 0 Å². The lowest BCUT2D eigenvalue weighted by Gasteiger charge is -2.36. The van der Waals surface area contributed by atoms with Crippen molar-refractivity contribution in [2.24, 2.45) is 0 Å². The molecule has 1 amide bonds. The van der Waals surface area contributed by atoms with Gasteiger partial charge in [0.2, 0.25) is 0 Å². The molecule has 0 atom stereocenters. The lowest BCUT2D eigenvalue weighted by Crippen LogP contribution is -2.35. The summed E-state index contributed by atoms with van der Waals surface area (Å²) in [5.41, 5.74) is 5.99. The smallest absolute Gasteiger partial charge is 0.414 e. The Morgan fingerprint density at radius 3 is 2.29 bits per heavy atom. The van der Waals surface area contributed by atoms with Crippen LogP contribution in [-0.4, -0.2) is 18.7 Å². The molecule has 0 aliphatic carbocycles. The van der Waals surface area contributed by atoms with E-state index < -0.39 is 17.3 Å². The number of ether oxygens (including phenoxy) is 3. The molecule has 0 unspecified atom stereocenters. The van der Waals surface area contributed by atoms with Crippen LogP contribution in [0.25, 0.3) is 11.1 Å². The number of carbonyl (C=O) groups is 1. The maximum absolute atomic E-state index is 12.7. The fourth-order valence-electron chi connectivity index (χ4n) is 4.39. The second-order valence-corrected chi connectivity index (χ2v) is 10.7. The predicted molar refractivity (Wildman–Crippen MR) is 140 cm³/mol. The summed E-state index contributed by atoms with van der Waals surface area (Å²) < 4.78 is 18.3. The highest BCUT2D eigenvalue weighted by Crippen LogP contribution is 2.49. The minimum atomic E-state index is -0.572. The second-order valence-electron chi connectivity index (χ2n) is 10.7. The number of hydrogen-bond acceptors (Lipinski definition) is 4. The van der Waals surface area contributed by atoms with Gasteiger partial charge in [0.05, 0.1) is 5.69 Å². The van der Waals surface area contributed by atoms with Crippen molar-refractivity contribution in [1.82, 2.24) is 0 Å². The molecule has 4 rings (SSSR count). The van der Waals surface area contributed by atoms with Crippen LogP contribution >= 0.6 is 0 Å². The van der Waals surface area contributed by atoms with Gasteiger partial charge in [-0.05, 0) is 88.9 Å². The molecule has 0 aromatic heterocycles. The quantitative estimate of drug-likeness (QED) is 0.392. The maximum atomic E-state index is 12.7. The van der Waals surface area contributed by atoms with Crippen LogP contribution in [0.5, 0.6) is 11.5 Å². The van der Waals surface area contributed by atoms with Gasteiger partial charge < -0.3 is 14.2 Å². The highest BCUT2D eigenvalue weighted by molar-refractivity contribution is 5.91. The predicted octanol–water partition coefficient (Wildman–Crippen LogP) is 7.55. The molecule has 1 aliphatic rings. The minimum absolute atomic E-state index is 0.396. The van der Waals surface area contributed by atoms with Crippen molar-refractivity contribution in [3.8, 4) is 22.6 Å². The Kier molecular flexibility index (Phi) is 6.31. The van der Waals surface area contributed by atoms with Crippen LogP contribution in [0, 0.1) is 13.8 Å². The van der Waals surface area contributed by atoms with Crippen molar-refractivity contribution in [2.75, 3.05) is 11.9 Å². The van der Waals surface area contributed by atoms with E-state index in [2.05, 4.69) is 51.1 Å². The number of hydrogen-bond donors (Lipinski definition) is 0. The molecule has 1 heterocycles. The van der Waals surface area contributed by atoms with Gasteiger partial charge in [0.15, 0.2) is 0 Å². The van der Waals surface area contributed by atoms with Crippen molar-refractivity contribution in [2.45, 2.75) is 66.3 Å². The van der Waals surface area contributed by atoms with E-state index in [-0.39, 0.29) is 0 Å². The number of fused-ring (bicyclic) bond motifs is 3. The molecule has 1 aliphatic heterocycles. The Hall–Kier alpha value is -3.47. The first-order chi connectivity index (χ1) is 16.4. The van der Waals surface area contributed by atoms with E-state index in [0.29, 0.717) is 6.61 Å². The first kappa shape index (κ1) is 24.6. The molecule has 0 fully saturated rings. The van der Waals surface area contributed by atoms with Gasteiger partial charge in [-0.15, -0.1) is 0 Å². The topological polar surface area (TPSA) is 48.0 Å². The molecule has 0 spiro atoms. The standard InChI is InChI=1S/C30H35NO4/c1-19-14-23-22-15-20(2)26(33-18-21-12-10-9-11-13-21)16-24(22)30(6,7)34-27(23)17-25(19)31(8)28(32)35-29(3,4)5/h9-17H,18H2,1-8H3. The van der Waals surface area contributed by atoms with Crippen molar-refractivity contribution in [1.29, 1.82) is 0 Å². The fourth-order valence-corrected chi connectivity index (χ4v) is 4.39. The van der Waals surface area contributed by atoms with Gasteiger partial charge >= 0.3 is 6.09 Å². The molecule has 0 bridgehead atoms. The molecule has 0 N–H and O–H groups in total. The lowest BCUT2D eigenvalue weighted by molar-refractivity contribution is 0.0589. The number of rotatable bonds is 4. The first-order valence-electron chi connectivity index (χ1n) is 12.0. The van der Waals surface area contributed by atoms with E-state index in [4.69, 9.17) is 14.2 Å². The van der Waals surface area contributed by atoms with Crippen LogP contribution in [0.15, 0.2) is 54.6 Å². The van der Waals surface area contributed by atoms with Gasteiger partial charge in [-0.2, -0.15) is 0 Å². The summed E-state index contributed by atoms with van der Waals surface area (Å²) in [7, 11) is 1.73. The normalized spacial score (nSPS) is 13.8. The van der Waals surface area contributed by atoms with Crippen molar-refractivity contribution >= 4 is 11.8 Å². The summed E-state index contributed by atoms with van der Waals surface area (Å²) in [6, 6.07) is 18.5. The molecule has 184 valence electrons. The first-order valence-corrected chi connectivity index (χ1v) is 12.0. The molecule has 5 heteroatoms. The fraction of sp³-hybridized carbons (Fsp3) is 0.367.